The van der Waals surface area contributed by atoms with Crippen molar-refractivity contribution < 1.29 is 0 Å². The molecule has 1 heterocycles. The molecular weight excluding hydrogens is 212 g/mol. The van der Waals surface area contributed by atoms with Gasteiger partial charge in [0.05, 0.1) is 10.9 Å². The number of rotatable bonds is 0. The summed E-state index contributed by atoms with van der Waals surface area (Å²) in [5, 5.41) is 1.07. The van der Waals surface area contributed by atoms with E-state index in [4.69, 9.17) is 11.6 Å². The highest BCUT2D eigenvalue weighted by molar-refractivity contribution is 6.31. The Morgan fingerprint density at radius 1 is 1.33 bits per heavy atom. The number of fused-ring (bicyclic) bond motifs is 1. The average Bonchev–Trinajstić information content (AvgIpc) is 2.22. The maximum Gasteiger partial charge on any atom is 0.258 e. The lowest BCUT2D eigenvalue weighted by Gasteiger charge is -1.97. The van der Waals surface area contributed by atoms with Crippen LogP contribution in [0.5, 0.6) is 0 Å². The molecule has 0 amide bonds. The number of aromatic amines is 1. The van der Waals surface area contributed by atoms with Crippen LogP contribution in [0, 0.1) is 6.92 Å². The summed E-state index contributed by atoms with van der Waals surface area (Å²) in [6, 6.07) is 5.07. The number of aryl methyl sites for hydroxylation is 1. The van der Waals surface area contributed by atoms with Gasteiger partial charge in [-0.1, -0.05) is 25.4 Å². The van der Waals surface area contributed by atoms with Crippen LogP contribution in [0.3, 0.4) is 0 Å². The van der Waals surface area contributed by atoms with Gasteiger partial charge < -0.3 is 4.98 Å². The topological polar surface area (TPSA) is 45.8 Å². The Balaban J connectivity index is 0.000000531. The van der Waals surface area contributed by atoms with E-state index in [0.717, 1.165) is 0 Å². The molecule has 0 atom stereocenters. The number of nitrogens with one attached hydrogen (secondary N) is 1. The first-order chi connectivity index (χ1) is 7.16. The van der Waals surface area contributed by atoms with Crippen molar-refractivity contribution in [3.05, 3.63) is 39.4 Å². The first-order valence-corrected chi connectivity index (χ1v) is 5.21. The van der Waals surface area contributed by atoms with Crippen LogP contribution >= 0.6 is 11.6 Å². The maximum atomic E-state index is 11.4. The molecule has 1 N–H and O–H groups in total. The Morgan fingerprint density at radius 3 is 2.67 bits per heavy atom. The molecule has 0 saturated carbocycles. The van der Waals surface area contributed by atoms with Gasteiger partial charge in [0.25, 0.3) is 5.56 Å². The smallest absolute Gasteiger partial charge is 0.258 e. The van der Waals surface area contributed by atoms with E-state index < -0.39 is 0 Å². The minimum Gasteiger partial charge on any atom is -0.310 e. The van der Waals surface area contributed by atoms with Crippen LogP contribution < -0.4 is 5.56 Å². The summed E-state index contributed by atoms with van der Waals surface area (Å²) in [6.45, 7) is 5.75. The molecule has 80 valence electrons. The molecule has 0 spiro atoms. The van der Waals surface area contributed by atoms with E-state index in [1.54, 1.807) is 25.1 Å². The van der Waals surface area contributed by atoms with E-state index in [-0.39, 0.29) is 5.56 Å². The van der Waals surface area contributed by atoms with Gasteiger partial charge in [0.1, 0.15) is 5.82 Å². The number of benzene rings is 1. The molecule has 0 aliphatic heterocycles. The molecule has 0 bridgehead atoms. The molecule has 0 saturated heterocycles. The summed E-state index contributed by atoms with van der Waals surface area (Å²) in [5.74, 6) is 0.611. The van der Waals surface area contributed by atoms with Gasteiger partial charge in [-0.15, -0.1) is 0 Å². The Bertz CT molecular complexity index is 519. The fourth-order valence-electron chi connectivity index (χ4n) is 1.23. The predicted octanol–water partition coefficient (Wildman–Crippen LogP) is 2.91. The zero-order valence-corrected chi connectivity index (χ0v) is 9.72. The summed E-state index contributed by atoms with van der Waals surface area (Å²) in [5.41, 5.74) is 0.524. The molecule has 2 aromatic rings. The van der Waals surface area contributed by atoms with Gasteiger partial charge in [-0.2, -0.15) is 0 Å². The third-order valence-corrected chi connectivity index (χ3v) is 2.02. The number of hydrogen-bond donors (Lipinski definition) is 1. The standard InChI is InChI=1S/C9H7ClN2O.C2H6/c1-5-11-8-3-2-6(10)4-7(8)9(13)12-5;1-2/h2-4H,1H3,(H,11,12,13);1-2H3. The van der Waals surface area contributed by atoms with Crippen LogP contribution in [0.1, 0.15) is 19.7 Å². The second-order valence-corrected chi connectivity index (χ2v) is 3.25. The normalized spacial score (nSPS) is 9.60. The number of halogens is 1. The van der Waals surface area contributed by atoms with E-state index in [0.29, 0.717) is 21.7 Å². The van der Waals surface area contributed by atoms with Crippen molar-refractivity contribution >= 4 is 22.5 Å². The minimum absolute atomic E-state index is 0.148. The Labute approximate surface area is 93.1 Å². The summed E-state index contributed by atoms with van der Waals surface area (Å²) in [4.78, 5) is 18.2. The molecule has 0 fully saturated rings. The van der Waals surface area contributed by atoms with Gasteiger partial charge in [0.15, 0.2) is 0 Å². The van der Waals surface area contributed by atoms with Crippen molar-refractivity contribution in [2.24, 2.45) is 0 Å². The van der Waals surface area contributed by atoms with Crippen molar-refractivity contribution in [1.82, 2.24) is 9.97 Å². The van der Waals surface area contributed by atoms with Crippen LogP contribution in [0.15, 0.2) is 23.0 Å². The summed E-state index contributed by atoms with van der Waals surface area (Å²) in [7, 11) is 0. The molecule has 0 aliphatic carbocycles. The second kappa shape index (κ2) is 4.94. The molecule has 0 unspecified atom stereocenters. The molecule has 2 rings (SSSR count). The van der Waals surface area contributed by atoms with Crippen molar-refractivity contribution in [2.45, 2.75) is 20.8 Å². The summed E-state index contributed by atoms with van der Waals surface area (Å²) in [6.07, 6.45) is 0. The number of hydrogen-bond acceptors (Lipinski definition) is 2. The molecule has 15 heavy (non-hydrogen) atoms. The van der Waals surface area contributed by atoms with Gasteiger partial charge in [-0.3, -0.25) is 4.79 Å². The van der Waals surface area contributed by atoms with Crippen LogP contribution in [0.4, 0.5) is 0 Å². The fourth-order valence-corrected chi connectivity index (χ4v) is 1.40. The van der Waals surface area contributed by atoms with Gasteiger partial charge in [0, 0.05) is 5.02 Å². The van der Waals surface area contributed by atoms with E-state index in [1.165, 1.54) is 0 Å². The third-order valence-electron chi connectivity index (χ3n) is 1.79. The maximum absolute atomic E-state index is 11.4. The molecular formula is C11H13ClN2O. The van der Waals surface area contributed by atoms with Crippen molar-refractivity contribution in [1.29, 1.82) is 0 Å². The van der Waals surface area contributed by atoms with Crippen LogP contribution in [-0.4, -0.2) is 9.97 Å². The lowest BCUT2D eigenvalue weighted by molar-refractivity contribution is 1.06. The molecule has 0 aliphatic rings. The van der Waals surface area contributed by atoms with E-state index in [9.17, 15) is 4.79 Å². The molecule has 1 aromatic carbocycles. The lowest BCUT2D eigenvalue weighted by Crippen LogP contribution is -2.09. The zero-order chi connectivity index (χ0) is 11.4. The largest absolute Gasteiger partial charge is 0.310 e. The van der Waals surface area contributed by atoms with E-state index >= 15 is 0 Å². The third kappa shape index (κ3) is 2.57. The van der Waals surface area contributed by atoms with Gasteiger partial charge in [-0.05, 0) is 25.1 Å². The Hall–Kier alpha value is -1.35. The Morgan fingerprint density at radius 2 is 2.00 bits per heavy atom. The zero-order valence-electron chi connectivity index (χ0n) is 8.97. The van der Waals surface area contributed by atoms with Crippen molar-refractivity contribution in [3.8, 4) is 0 Å². The minimum atomic E-state index is -0.148. The monoisotopic (exact) mass is 224 g/mol. The van der Waals surface area contributed by atoms with Gasteiger partial charge >= 0.3 is 0 Å². The van der Waals surface area contributed by atoms with Crippen LogP contribution in [0.2, 0.25) is 5.02 Å². The van der Waals surface area contributed by atoms with Gasteiger partial charge in [0.2, 0.25) is 0 Å². The van der Waals surface area contributed by atoms with Crippen LogP contribution in [-0.2, 0) is 0 Å². The molecule has 0 radical (unpaired) electrons. The lowest BCUT2D eigenvalue weighted by atomic mass is 10.2. The second-order valence-electron chi connectivity index (χ2n) is 2.81. The van der Waals surface area contributed by atoms with E-state index in [2.05, 4.69) is 9.97 Å². The van der Waals surface area contributed by atoms with Gasteiger partial charge in [-0.25, -0.2) is 4.98 Å². The number of aromatic nitrogens is 2. The van der Waals surface area contributed by atoms with E-state index in [1.807, 2.05) is 13.8 Å². The fraction of sp³-hybridized carbons (Fsp3) is 0.273. The molecule has 3 nitrogen and oxygen atoms in total. The molecule has 1 aromatic heterocycles. The average molecular weight is 225 g/mol. The first kappa shape index (κ1) is 11.7. The first-order valence-electron chi connectivity index (χ1n) is 4.83. The summed E-state index contributed by atoms with van der Waals surface area (Å²) < 4.78 is 0. The highest BCUT2D eigenvalue weighted by Crippen LogP contribution is 2.13. The predicted molar refractivity (Wildman–Crippen MR) is 63.5 cm³/mol. The number of H-pyrrole nitrogens is 1. The highest BCUT2D eigenvalue weighted by atomic mass is 35.5. The van der Waals surface area contributed by atoms with Crippen molar-refractivity contribution in [3.63, 3.8) is 0 Å². The van der Waals surface area contributed by atoms with Crippen molar-refractivity contribution in [2.75, 3.05) is 0 Å². The Kier molecular flexibility index (Phi) is 3.86. The highest BCUT2D eigenvalue weighted by Gasteiger charge is 2.00. The van der Waals surface area contributed by atoms with Crippen LogP contribution in [0.25, 0.3) is 10.9 Å². The molecule has 4 heteroatoms. The quantitative estimate of drug-likeness (QED) is 0.748. The number of nitrogens with zero attached hydrogens (tertiary/aromatic N) is 1. The SMILES string of the molecule is CC.Cc1nc2ccc(Cl)cc2c(=O)[nH]1. The summed E-state index contributed by atoms with van der Waals surface area (Å²) >= 11 is 5.75.